The molecule has 0 aliphatic carbocycles. The molecule has 0 heterocycles. The molecular formula is C12H14N2O4. The summed E-state index contributed by atoms with van der Waals surface area (Å²) in [6, 6.07) is 3.67. The van der Waals surface area contributed by atoms with Gasteiger partial charge in [0.2, 0.25) is 5.91 Å². The number of rotatable bonds is 6. The zero-order valence-electron chi connectivity index (χ0n) is 9.64. The van der Waals surface area contributed by atoms with Crippen LogP contribution in [0.25, 0.3) is 0 Å². The highest BCUT2D eigenvalue weighted by atomic mass is 16.4. The van der Waals surface area contributed by atoms with Crippen LogP contribution in [0.5, 0.6) is 5.75 Å². The van der Waals surface area contributed by atoms with Crippen molar-refractivity contribution in [1.82, 2.24) is 5.32 Å². The predicted octanol–water partition coefficient (Wildman–Crippen LogP) is 0.804. The minimum absolute atomic E-state index is 0.0119. The third kappa shape index (κ3) is 3.91. The Balaban J connectivity index is 2.71. The van der Waals surface area contributed by atoms with Gasteiger partial charge in [-0.1, -0.05) is 6.08 Å². The van der Waals surface area contributed by atoms with Crippen molar-refractivity contribution in [2.45, 2.75) is 0 Å². The van der Waals surface area contributed by atoms with Crippen LogP contribution in [0.4, 0.5) is 5.69 Å². The fourth-order valence-corrected chi connectivity index (χ4v) is 1.25. The van der Waals surface area contributed by atoms with Gasteiger partial charge in [-0.2, -0.15) is 0 Å². The van der Waals surface area contributed by atoms with Crippen LogP contribution in [0, 0.1) is 0 Å². The minimum Gasteiger partial charge on any atom is -0.506 e. The number of anilines is 1. The van der Waals surface area contributed by atoms with E-state index in [1.165, 1.54) is 18.2 Å². The van der Waals surface area contributed by atoms with Crippen LogP contribution in [0.3, 0.4) is 0 Å². The van der Waals surface area contributed by atoms with Crippen molar-refractivity contribution in [1.29, 1.82) is 0 Å². The Morgan fingerprint density at radius 3 is 2.72 bits per heavy atom. The second kappa shape index (κ2) is 6.41. The molecule has 18 heavy (non-hydrogen) atoms. The van der Waals surface area contributed by atoms with Gasteiger partial charge in [0.1, 0.15) is 5.75 Å². The van der Waals surface area contributed by atoms with Crippen LogP contribution in [0.15, 0.2) is 30.9 Å². The van der Waals surface area contributed by atoms with Gasteiger partial charge in [-0.15, -0.1) is 6.58 Å². The molecule has 0 spiro atoms. The SMILES string of the molecule is C=CCNCC(=O)Nc1cc(C(=O)O)ccc1O. The lowest BCUT2D eigenvalue weighted by molar-refractivity contribution is -0.115. The molecule has 0 atom stereocenters. The Kier molecular flexibility index (Phi) is 4.89. The third-order valence-corrected chi connectivity index (χ3v) is 2.09. The molecule has 6 nitrogen and oxygen atoms in total. The zero-order valence-corrected chi connectivity index (χ0v) is 9.64. The maximum Gasteiger partial charge on any atom is 0.335 e. The van der Waals surface area contributed by atoms with Gasteiger partial charge in [0.05, 0.1) is 17.8 Å². The number of benzene rings is 1. The van der Waals surface area contributed by atoms with E-state index in [-0.39, 0.29) is 29.5 Å². The molecule has 0 bridgehead atoms. The van der Waals surface area contributed by atoms with Gasteiger partial charge >= 0.3 is 5.97 Å². The van der Waals surface area contributed by atoms with Gasteiger partial charge in [0.25, 0.3) is 0 Å². The first-order chi connectivity index (χ1) is 8.54. The number of phenols is 1. The number of phenolic OH excluding ortho intramolecular Hbond substituents is 1. The van der Waals surface area contributed by atoms with E-state index in [1.54, 1.807) is 6.08 Å². The summed E-state index contributed by atoms with van der Waals surface area (Å²) in [7, 11) is 0. The monoisotopic (exact) mass is 250 g/mol. The van der Waals surface area contributed by atoms with Crippen molar-refractivity contribution in [2.75, 3.05) is 18.4 Å². The maximum absolute atomic E-state index is 11.5. The molecule has 0 unspecified atom stereocenters. The van der Waals surface area contributed by atoms with Crippen molar-refractivity contribution < 1.29 is 19.8 Å². The number of carboxylic acid groups (broad SMARTS) is 1. The van der Waals surface area contributed by atoms with Gasteiger partial charge in [-0.25, -0.2) is 4.79 Å². The molecule has 0 saturated heterocycles. The van der Waals surface area contributed by atoms with Crippen molar-refractivity contribution in [3.8, 4) is 5.75 Å². The summed E-state index contributed by atoms with van der Waals surface area (Å²) < 4.78 is 0. The highest BCUT2D eigenvalue weighted by Crippen LogP contribution is 2.23. The molecule has 0 aliphatic heterocycles. The molecular weight excluding hydrogens is 236 g/mol. The molecule has 1 aromatic rings. The minimum atomic E-state index is -1.13. The molecule has 0 saturated carbocycles. The Bertz CT molecular complexity index is 471. The molecule has 6 heteroatoms. The first-order valence-electron chi connectivity index (χ1n) is 5.22. The number of aromatic hydroxyl groups is 1. The topological polar surface area (TPSA) is 98.7 Å². The normalized spacial score (nSPS) is 9.78. The molecule has 1 aromatic carbocycles. The van der Waals surface area contributed by atoms with Crippen LogP contribution >= 0.6 is 0 Å². The van der Waals surface area contributed by atoms with E-state index >= 15 is 0 Å². The molecule has 1 rings (SSSR count). The summed E-state index contributed by atoms with van der Waals surface area (Å²) in [5.41, 5.74) is 0.0578. The smallest absolute Gasteiger partial charge is 0.335 e. The van der Waals surface area contributed by atoms with Crippen molar-refractivity contribution in [3.63, 3.8) is 0 Å². The summed E-state index contributed by atoms with van der Waals surface area (Å²) >= 11 is 0. The number of carboxylic acids is 1. The van der Waals surface area contributed by atoms with Crippen LogP contribution < -0.4 is 10.6 Å². The first-order valence-corrected chi connectivity index (χ1v) is 5.22. The largest absolute Gasteiger partial charge is 0.506 e. The second-order valence-corrected chi connectivity index (χ2v) is 3.50. The molecule has 0 fully saturated rings. The van der Waals surface area contributed by atoms with Crippen LogP contribution in [0.2, 0.25) is 0 Å². The number of aromatic carboxylic acids is 1. The van der Waals surface area contributed by atoms with E-state index in [0.29, 0.717) is 6.54 Å². The molecule has 0 aromatic heterocycles. The van der Waals surface area contributed by atoms with E-state index in [2.05, 4.69) is 17.2 Å². The lowest BCUT2D eigenvalue weighted by Gasteiger charge is -2.08. The van der Waals surface area contributed by atoms with Gasteiger partial charge < -0.3 is 20.8 Å². The summed E-state index contributed by atoms with van der Waals surface area (Å²) in [6.07, 6.45) is 1.61. The molecule has 1 amide bonds. The maximum atomic E-state index is 11.5. The number of hydrogen-bond acceptors (Lipinski definition) is 4. The number of nitrogens with one attached hydrogen (secondary N) is 2. The molecule has 0 aliphatic rings. The van der Waals surface area contributed by atoms with E-state index < -0.39 is 5.97 Å². The summed E-state index contributed by atoms with van der Waals surface area (Å²) in [4.78, 5) is 22.2. The first kappa shape index (κ1) is 13.7. The lowest BCUT2D eigenvalue weighted by Crippen LogP contribution is -2.28. The van der Waals surface area contributed by atoms with Crippen molar-refractivity contribution in [2.24, 2.45) is 0 Å². The van der Waals surface area contributed by atoms with E-state index in [0.717, 1.165) is 0 Å². The Hall–Kier alpha value is -2.34. The quantitative estimate of drug-likeness (QED) is 0.340. The summed E-state index contributed by atoms with van der Waals surface area (Å²) in [5.74, 6) is -1.69. The number of hydrogen-bond donors (Lipinski definition) is 4. The van der Waals surface area contributed by atoms with E-state index in [9.17, 15) is 14.7 Å². The fourth-order valence-electron chi connectivity index (χ4n) is 1.25. The fraction of sp³-hybridized carbons (Fsp3) is 0.167. The van der Waals surface area contributed by atoms with Crippen LogP contribution in [-0.4, -0.2) is 35.2 Å². The van der Waals surface area contributed by atoms with Crippen LogP contribution in [-0.2, 0) is 4.79 Å². The van der Waals surface area contributed by atoms with Gasteiger partial charge in [-0.05, 0) is 18.2 Å². The predicted molar refractivity (Wildman–Crippen MR) is 66.8 cm³/mol. The lowest BCUT2D eigenvalue weighted by atomic mass is 10.2. The van der Waals surface area contributed by atoms with Crippen molar-refractivity contribution >= 4 is 17.6 Å². The number of carbonyl (C=O) groups is 2. The van der Waals surface area contributed by atoms with Gasteiger partial charge in [0, 0.05) is 6.54 Å². The number of amides is 1. The highest BCUT2D eigenvalue weighted by Gasteiger charge is 2.10. The summed E-state index contributed by atoms with van der Waals surface area (Å²) in [5, 5.41) is 23.5. The standard InChI is InChI=1S/C12H14N2O4/c1-2-5-13-7-11(16)14-9-6-8(12(17)18)3-4-10(9)15/h2-4,6,13,15H,1,5,7H2,(H,14,16)(H,17,18). The molecule has 0 radical (unpaired) electrons. The average molecular weight is 250 g/mol. The van der Waals surface area contributed by atoms with Crippen LogP contribution in [0.1, 0.15) is 10.4 Å². The third-order valence-electron chi connectivity index (χ3n) is 2.09. The van der Waals surface area contributed by atoms with Crippen molar-refractivity contribution in [3.05, 3.63) is 36.4 Å². The molecule has 4 N–H and O–H groups in total. The summed E-state index contributed by atoms with van der Waals surface area (Å²) in [6.45, 7) is 4.01. The number of carbonyl (C=O) groups excluding carboxylic acids is 1. The Morgan fingerprint density at radius 2 is 2.11 bits per heavy atom. The Labute approximate surface area is 104 Å². The van der Waals surface area contributed by atoms with E-state index in [1.807, 2.05) is 0 Å². The average Bonchev–Trinajstić information content (AvgIpc) is 2.32. The van der Waals surface area contributed by atoms with Gasteiger partial charge in [-0.3, -0.25) is 4.79 Å². The zero-order chi connectivity index (χ0) is 13.5. The Morgan fingerprint density at radius 1 is 1.39 bits per heavy atom. The second-order valence-electron chi connectivity index (χ2n) is 3.50. The van der Waals surface area contributed by atoms with E-state index in [4.69, 9.17) is 5.11 Å². The molecule has 96 valence electrons. The van der Waals surface area contributed by atoms with Gasteiger partial charge in [0.15, 0.2) is 0 Å². The highest BCUT2D eigenvalue weighted by molar-refractivity contribution is 5.96.